The van der Waals surface area contributed by atoms with E-state index in [-0.39, 0.29) is 0 Å². The molecule has 0 spiro atoms. The SMILES string of the molecule is CCN(C(=O)O)c1cccc(N(C)C)c1. The number of hydrogen-bond donors (Lipinski definition) is 1. The highest BCUT2D eigenvalue weighted by Crippen LogP contribution is 2.20. The number of anilines is 2. The Balaban J connectivity index is 3.03. The fourth-order valence-corrected chi connectivity index (χ4v) is 1.37. The largest absolute Gasteiger partial charge is 0.465 e. The van der Waals surface area contributed by atoms with Crippen LogP contribution in [0.5, 0.6) is 0 Å². The van der Waals surface area contributed by atoms with Gasteiger partial charge in [0.25, 0.3) is 0 Å². The number of carboxylic acid groups (broad SMARTS) is 1. The van der Waals surface area contributed by atoms with Gasteiger partial charge in [-0.15, -0.1) is 0 Å². The molecule has 1 rings (SSSR count). The summed E-state index contributed by atoms with van der Waals surface area (Å²) in [7, 11) is 3.85. The summed E-state index contributed by atoms with van der Waals surface area (Å²) >= 11 is 0. The Morgan fingerprint density at radius 2 is 1.93 bits per heavy atom. The van der Waals surface area contributed by atoms with Crippen molar-refractivity contribution >= 4 is 17.5 Å². The van der Waals surface area contributed by atoms with E-state index >= 15 is 0 Å². The topological polar surface area (TPSA) is 43.8 Å². The third kappa shape index (κ3) is 2.62. The standard InChI is InChI=1S/C11H16N2O2/c1-4-13(11(14)15)10-7-5-6-9(8-10)12(2)3/h5-8H,4H2,1-3H3,(H,14,15). The molecule has 15 heavy (non-hydrogen) atoms. The molecule has 0 saturated carbocycles. The van der Waals surface area contributed by atoms with E-state index in [1.54, 1.807) is 6.07 Å². The third-order valence-corrected chi connectivity index (χ3v) is 2.20. The van der Waals surface area contributed by atoms with E-state index in [1.165, 1.54) is 4.90 Å². The van der Waals surface area contributed by atoms with Gasteiger partial charge in [-0.2, -0.15) is 0 Å². The summed E-state index contributed by atoms with van der Waals surface area (Å²) in [4.78, 5) is 14.2. The van der Waals surface area contributed by atoms with Gasteiger partial charge in [0.05, 0.1) is 0 Å². The van der Waals surface area contributed by atoms with Gasteiger partial charge in [0.2, 0.25) is 0 Å². The first-order valence-electron chi connectivity index (χ1n) is 4.84. The third-order valence-electron chi connectivity index (χ3n) is 2.20. The smallest absolute Gasteiger partial charge is 0.411 e. The van der Waals surface area contributed by atoms with Crippen LogP contribution in [0.4, 0.5) is 16.2 Å². The lowest BCUT2D eigenvalue weighted by Crippen LogP contribution is -2.28. The first-order chi connectivity index (χ1) is 7.06. The number of nitrogens with zero attached hydrogens (tertiary/aromatic N) is 2. The normalized spacial score (nSPS) is 9.80. The molecule has 1 aromatic rings. The van der Waals surface area contributed by atoms with Crippen LogP contribution >= 0.6 is 0 Å². The first-order valence-corrected chi connectivity index (χ1v) is 4.84. The molecule has 0 unspecified atom stereocenters. The zero-order valence-corrected chi connectivity index (χ0v) is 9.27. The Labute approximate surface area is 89.7 Å². The highest BCUT2D eigenvalue weighted by Gasteiger charge is 2.11. The van der Waals surface area contributed by atoms with Crippen LogP contribution in [0, 0.1) is 0 Å². The average molecular weight is 208 g/mol. The molecule has 1 aromatic carbocycles. The summed E-state index contributed by atoms with van der Waals surface area (Å²) in [6.07, 6.45) is -0.923. The number of hydrogen-bond acceptors (Lipinski definition) is 2. The summed E-state index contributed by atoms with van der Waals surface area (Å²) in [5.74, 6) is 0. The van der Waals surface area contributed by atoms with Gasteiger partial charge in [0, 0.05) is 32.0 Å². The monoisotopic (exact) mass is 208 g/mol. The second kappa shape index (κ2) is 4.68. The van der Waals surface area contributed by atoms with Crippen molar-refractivity contribution in [1.82, 2.24) is 0 Å². The number of rotatable bonds is 3. The van der Waals surface area contributed by atoms with Crippen molar-refractivity contribution in [1.29, 1.82) is 0 Å². The van der Waals surface area contributed by atoms with E-state index in [0.29, 0.717) is 12.2 Å². The molecular weight excluding hydrogens is 192 g/mol. The average Bonchev–Trinajstić information content (AvgIpc) is 2.18. The van der Waals surface area contributed by atoms with E-state index in [2.05, 4.69) is 0 Å². The zero-order chi connectivity index (χ0) is 11.4. The summed E-state index contributed by atoms with van der Waals surface area (Å²) in [5.41, 5.74) is 1.70. The van der Waals surface area contributed by atoms with Gasteiger partial charge in [0.15, 0.2) is 0 Å². The van der Waals surface area contributed by atoms with Crippen LogP contribution in [0.3, 0.4) is 0 Å². The molecule has 0 fully saturated rings. The van der Waals surface area contributed by atoms with E-state index < -0.39 is 6.09 Å². The molecule has 0 heterocycles. The molecule has 1 N–H and O–H groups in total. The molecule has 0 aliphatic carbocycles. The zero-order valence-electron chi connectivity index (χ0n) is 9.27. The lowest BCUT2D eigenvalue weighted by molar-refractivity contribution is 0.202. The lowest BCUT2D eigenvalue weighted by Gasteiger charge is -2.19. The second-order valence-electron chi connectivity index (χ2n) is 3.44. The van der Waals surface area contributed by atoms with E-state index in [0.717, 1.165) is 5.69 Å². The van der Waals surface area contributed by atoms with Crippen molar-refractivity contribution in [2.75, 3.05) is 30.4 Å². The van der Waals surface area contributed by atoms with Crippen LogP contribution in [0.2, 0.25) is 0 Å². The first kappa shape index (κ1) is 11.4. The van der Waals surface area contributed by atoms with Gasteiger partial charge in [0.1, 0.15) is 0 Å². The van der Waals surface area contributed by atoms with E-state index in [4.69, 9.17) is 5.11 Å². The summed E-state index contributed by atoms with van der Waals surface area (Å²) in [5, 5.41) is 8.97. The molecule has 0 atom stereocenters. The molecule has 4 heteroatoms. The van der Waals surface area contributed by atoms with Crippen molar-refractivity contribution in [2.24, 2.45) is 0 Å². The molecular formula is C11H16N2O2. The highest BCUT2D eigenvalue weighted by atomic mass is 16.4. The fraction of sp³-hybridized carbons (Fsp3) is 0.364. The molecule has 0 aliphatic rings. The molecule has 4 nitrogen and oxygen atoms in total. The Morgan fingerprint density at radius 1 is 1.33 bits per heavy atom. The predicted octanol–water partition coefficient (Wildman–Crippen LogP) is 2.26. The molecule has 0 aliphatic heterocycles. The van der Waals surface area contributed by atoms with Gasteiger partial charge in [-0.3, -0.25) is 4.90 Å². The van der Waals surface area contributed by atoms with Gasteiger partial charge < -0.3 is 10.0 Å². The van der Waals surface area contributed by atoms with Crippen LogP contribution in [0.1, 0.15) is 6.92 Å². The maximum atomic E-state index is 10.9. The highest BCUT2D eigenvalue weighted by molar-refractivity contribution is 5.86. The van der Waals surface area contributed by atoms with Crippen molar-refractivity contribution in [3.05, 3.63) is 24.3 Å². The molecule has 82 valence electrons. The minimum atomic E-state index is -0.923. The number of amides is 1. The van der Waals surface area contributed by atoms with Crippen LogP contribution in [0.15, 0.2) is 24.3 Å². The van der Waals surface area contributed by atoms with Crippen LogP contribution in [-0.4, -0.2) is 31.8 Å². The molecule has 1 amide bonds. The van der Waals surface area contributed by atoms with Crippen LogP contribution in [0.25, 0.3) is 0 Å². The lowest BCUT2D eigenvalue weighted by atomic mass is 10.2. The van der Waals surface area contributed by atoms with Gasteiger partial charge in [-0.25, -0.2) is 4.79 Å². The summed E-state index contributed by atoms with van der Waals surface area (Å²) in [6, 6.07) is 7.46. The summed E-state index contributed by atoms with van der Waals surface area (Å²) < 4.78 is 0. The van der Waals surface area contributed by atoms with Crippen molar-refractivity contribution in [2.45, 2.75) is 6.92 Å². The van der Waals surface area contributed by atoms with E-state index in [9.17, 15) is 4.79 Å². The van der Waals surface area contributed by atoms with Gasteiger partial charge >= 0.3 is 6.09 Å². The van der Waals surface area contributed by atoms with Crippen molar-refractivity contribution in [3.63, 3.8) is 0 Å². The Hall–Kier alpha value is -1.71. The molecule has 0 radical (unpaired) electrons. The number of benzene rings is 1. The van der Waals surface area contributed by atoms with Crippen LogP contribution < -0.4 is 9.80 Å². The van der Waals surface area contributed by atoms with Crippen molar-refractivity contribution in [3.8, 4) is 0 Å². The van der Waals surface area contributed by atoms with E-state index in [1.807, 2.05) is 44.1 Å². The Bertz CT molecular complexity index is 350. The molecule has 0 aromatic heterocycles. The summed E-state index contributed by atoms with van der Waals surface area (Å²) in [6.45, 7) is 2.27. The quantitative estimate of drug-likeness (QED) is 0.828. The number of carbonyl (C=O) groups is 1. The Kier molecular flexibility index (Phi) is 3.55. The fourth-order valence-electron chi connectivity index (χ4n) is 1.37. The maximum absolute atomic E-state index is 10.9. The van der Waals surface area contributed by atoms with Gasteiger partial charge in [-0.1, -0.05) is 6.07 Å². The molecule has 0 saturated heterocycles. The van der Waals surface area contributed by atoms with Crippen molar-refractivity contribution < 1.29 is 9.90 Å². The minimum absolute atomic E-state index is 0.451. The predicted molar refractivity (Wildman–Crippen MR) is 61.8 cm³/mol. The maximum Gasteiger partial charge on any atom is 0.411 e. The second-order valence-corrected chi connectivity index (χ2v) is 3.44. The van der Waals surface area contributed by atoms with Crippen LogP contribution in [-0.2, 0) is 0 Å². The minimum Gasteiger partial charge on any atom is -0.465 e. The molecule has 0 bridgehead atoms. The van der Waals surface area contributed by atoms with Gasteiger partial charge in [-0.05, 0) is 25.1 Å². The Morgan fingerprint density at radius 3 is 2.40 bits per heavy atom.